The number of pyridine rings is 1. The van der Waals surface area contributed by atoms with Gasteiger partial charge in [-0.15, -0.1) is 0 Å². The van der Waals surface area contributed by atoms with Crippen molar-refractivity contribution < 1.29 is 22.7 Å². The number of nitrogens with zero attached hydrogens (tertiary/aromatic N) is 1. The van der Waals surface area contributed by atoms with Crippen molar-refractivity contribution in [3.63, 3.8) is 0 Å². The fourth-order valence-electron chi connectivity index (χ4n) is 3.01. The van der Waals surface area contributed by atoms with E-state index in [-0.39, 0.29) is 29.4 Å². The number of anilines is 1. The quantitative estimate of drug-likeness (QED) is 0.753. The Balaban J connectivity index is 1.69. The predicted octanol–water partition coefficient (Wildman–Crippen LogP) is 5.35. The number of benzene rings is 1. The van der Waals surface area contributed by atoms with Gasteiger partial charge >= 0.3 is 12.2 Å². The van der Waals surface area contributed by atoms with E-state index < -0.39 is 11.7 Å². The lowest BCUT2D eigenvalue weighted by atomic mass is 9.96. The summed E-state index contributed by atoms with van der Waals surface area (Å²) in [5, 5.41) is 5.57. The van der Waals surface area contributed by atoms with Crippen LogP contribution in [0.25, 0.3) is 0 Å². The van der Waals surface area contributed by atoms with E-state index in [9.17, 15) is 18.0 Å². The Morgan fingerprint density at radius 3 is 2.63 bits per heavy atom. The Bertz CT molecular complexity index is 790. The minimum atomic E-state index is -4.47. The zero-order valence-electron chi connectivity index (χ0n) is 14.6. The zero-order valence-corrected chi connectivity index (χ0v) is 14.6. The summed E-state index contributed by atoms with van der Waals surface area (Å²) < 4.78 is 44.0. The molecule has 2 N–H and O–H groups in total. The number of aromatic nitrogens is 1. The SMILES string of the molecule is O=C(Nc1cccnc1Oc1cccc(C(F)(F)F)c1)NC1CCCCC1. The lowest BCUT2D eigenvalue weighted by Gasteiger charge is -2.23. The number of hydrogen-bond acceptors (Lipinski definition) is 3. The first-order chi connectivity index (χ1) is 12.9. The van der Waals surface area contributed by atoms with Crippen molar-refractivity contribution in [2.45, 2.75) is 44.3 Å². The molecular formula is C19H20F3N3O2. The number of rotatable bonds is 4. The van der Waals surface area contributed by atoms with E-state index in [0.717, 1.165) is 37.8 Å². The van der Waals surface area contributed by atoms with Crippen LogP contribution >= 0.6 is 0 Å². The van der Waals surface area contributed by atoms with Gasteiger partial charge in [0.05, 0.1) is 5.56 Å². The van der Waals surface area contributed by atoms with Crippen LogP contribution in [-0.4, -0.2) is 17.1 Å². The first-order valence-electron chi connectivity index (χ1n) is 8.79. The summed E-state index contributed by atoms with van der Waals surface area (Å²) in [6, 6.07) is 7.43. The lowest BCUT2D eigenvalue weighted by molar-refractivity contribution is -0.137. The van der Waals surface area contributed by atoms with E-state index in [4.69, 9.17) is 4.74 Å². The fourth-order valence-corrected chi connectivity index (χ4v) is 3.01. The van der Waals surface area contributed by atoms with Crippen molar-refractivity contribution in [2.75, 3.05) is 5.32 Å². The van der Waals surface area contributed by atoms with Crippen molar-refractivity contribution in [3.05, 3.63) is 48.2 Å². The molecule has 3 rings (SSSR count). The summed E-state index contributed by atoms with van der Waals surface area (Å²) in [6.07, 6.45) is 2.20. The summed E-state index contributed by atoms with van der Waals surface area (Å²) in [5.74, 6) is 0.00915. The van der Waals surface area contributed by atoms with Crippen LogP contribution in [0.3, 0.4) is 0 Å². The number of nitrogens with one attached hydrogen (secondary N) is 2. The maximum Gasteiger partial charge on any atom is 0.416 e. The summed E-state index contributed by atoms with van der Waals surface area (Å²) >= 11 is 0. The van der Waals surface area contributed by atoms with Gasteiger partial charge in [-0.1, -0.05) is 25.3 Å². The molecule has 0 spiro atoms. The van der Waals surface area contributed by atoms with Crippen LogP contribution in [0.15, 0.2) is 42.6 Å². The topological polar surface area (TPSA) is 63.2 Å². The van der Waals surface area contributed by atoms with Crippen LogP contribution in [0.2, 0.25) is 0 Å². The lowest BCUT2D eigenvalue weighted by Crippen LogP contribution is -2.39. The molecule has 1 saturated carbocycles. The molecule has 0 unspecified atom stereocenters. The molecule has 8 heteroatoms. The van der Waals surface area contributed by atoms with Gasteiger partial charge in [0, 0.05) is 12.2 Å². The number of carbonyl (C=O) groups is 1. The molecule has 1 fully saturated rings. The second kappa shape index (κ2) is 8.28. The number of ether oxygens (including phenoxy) is 1. The first-order valence-corrected chi connectivity index (χ1v) is 8.79. The molecule has 0 bridgehead atoms. The number of alkyl halides is 3. The summed E-state index contributed by atoms with van der Waals surface area (Å²) in [4.78, 5) is 16.2. The summed E-state index contributed by atoms with van der Waals surface area (Å²) in [5.41, 5.74) is -0.538. The molecule has 1 aromatic carbocycles. The van der Waals surface area contributed by atoms with E-state index >= 15 is 0 Å². The van der Waals surface area contributed by atoms with Crippen molar-refractivity contribution >= 4 is 11.7 Å². The molecule has 5 nitrogen and oxygen atoms in total. The molecule has 2 amide bonds. The van der Waals surface area contributed by atoms with Crippen LogP contribution in [-0.2, 0) is 6.18 Å². The minimum Gasteiger partial charge on any atom is -0.437 e. The maximum absolute atomic E-state index is 12.8. The van der Waals surface area contributed by atoms with Gasteiger partial charge in [-0.3, -0.25) is 0 Å². The van der Waals surface area contributed by atoms with Crippen molar-refractivity contribution in [1.29, 1.82) is 0 Å². The van der Waals surface area contributed by atoms with E-state index in [0.29, 0.717) is 0 Å². The summed E-state index contributed by atoms with van der Waals surface area (Å²) in [7, 11) is 0. The molecule has 1 heterocycles. The third kappa shape index (κ3) is 5.35. The molecule has 0 atom stereocenters. The monoisotopic (exact) mass is 379 g/mol. The Morgan fingerprint density at radius 1 is 1.11 bits per heavy atom. The molecular weight excluding hydrogens is 359 g/mol. The van der Waals surface area contributed by atoms with E-state index in [1.54, 1.807) is 12.1 Å². The van der Waals surface area contributed by atoms with Crippen LogP contribution in [0, 0.1) is 0 Å². The molecule has 0 aliphatic heterocycles. The van der Waals surface area contributed by atoms with Gasteiger partial charge in [-0.2, -0.15) is 13.2 Å². The summed E-state index contributed by atoms with van der Waals surface area (Å²) in [6.45, 7) is 0. The van der Waals surface area contributed by atoms with Crippen LogP contribution < -0.4 is 15.4 Å². The molecule has 0 saturated heterocycles. The smallest absolute Gasteiger partial charge is 0.416 e. The van der Waals surface area contributed by atoms with Crippen LogP contribution in [0.4, 0.5) is 23.7 Å². The molecule has 27 heavy (non-hydrogen) atoms. The van der Waals surface area contributed by atoms with Gasteiger partial charge in [0.2, 0.25) is 5.88 Å². The average molecular weight is 379 g/mol. The number of carbonyl (C=O) groups excluding carboxylic acids is 1. The van der Waals surface area contributed by atoms with Gasteiger partial charge in [-0.05, 0) is 43.2 Å². The normalized spacial score (nSPS) is 15.2. The standard InChI is InChI=1S/C19H20F3N3O2/c20-19(21,22)13-6-4-9-15(12-13)27-17-16(10-5-11-23-17)25-18(26)24-14-7-2-1-3-8-14/h4-6,9-12,14H,1-3,7-8H2,(H2,24,25,26). The Hall–Kier alpha value is -2.77. The molecule has 1 aliphatic carbocycles. The third-order valence-electron chi connectivity index (χ3n) is 4.34. The average Bonchev–Trinajstić information content (AvgIpc) is 2.64. The van der Waals surface area contributed by atoms with Gasteiger partial charge in [-0.25, -0.2) is 9.78 Å². The highest BCUT2D eigenvalue weighted by Crippen LogP contribution is 2.33. The number of amides is 2. The highest BCUT2D eigenvalue weighted by Gasteiger charge is 2.30. The Kier molecular flexibility index (Phi) is 5.83. The van der Waals surface area contributed by atoms with Gasteiger partial charge in [0.15, 0.2) is 0 Å². The minimum absolute atomic E-state index is 0.0146. The molecule has 1 aromatic heterocycles. The van der Waals surface area contributed by atoms with E-state index in [2.05, 4.69) is 15.6 Å². The fraction of sp³-hybridized carbons (Fsp3) is 0.368. The van der Waals surface area contributed by atoms with Crippen molar-refractivity contribution in [1.82, 2.24) is 10.3 Å². The second-order valence-corrected chi connectivity index (χ2v) is 6.42. The Labute approximate surface area is 154 Å². The molecule has 0 radical (unpaired) electrons. The second-order valence-electron chi connectivity index (χ2n) is 6.42. The van der Waals surface area contributed by atoms with Crippen LogP contribution in [0.5, 0.6) is 11.6 Å². The zero-order chi connectivity index (χ0) is 19.3. The van der Waals surface area contributed by atoms with Crippen molar-refractivity contribution in [3.8, 4) is 11.6 Å². The molecule has 1 aliphatic rings. The largest absolute Gasteiger partial charge is 0.437 e. The van der Waals surface area contributed by atoms with E-state index in [1.807, 2.05) is 0 Å². The maximum atomic E-state index is 12.8. The molecule has 2 aromatic rings. The highest BCUT2D eigenvalue weighted by atomic mass is 19.4. The number of urea groups is 1. The van der Waals surface area contributed by atoms with E-state index in [1.165, 1.54) is 24.8 Å². The number of halogens is 3. The van der Waals surface area contributed by atoms with Gasteiger partial charge in [0.25, 0.3) is 0 Å². The van der Waals surface area contributed by atoms with Crippen molar-refractivity contribution in [2.24, 2.45) is 0 Å². The highest BCUT2D eigenvalue weighted by molar-refractivity contribution is 5.90. The Morgan fingerprint density at radius 2 is 1.89 bits per heavy atom. The molecule has 144 valence electrons. The van der Waals surface area contributed by atoms with Gasteiger partial charge in [0.1, 0.15) is 11.4 Å². The first kappa shape index (κ1) is 19.0. The van der Waals surface area contributed by atoms with Gasteiger partial charge < -0.3 is 15.4 Å². The number of hydrogen-bond donors (Lipinski definition) is 2. The third-order valence-corrected chi connectivity index (χ3v) is 4.34. The predicted molar refractivity (Wildman–Crippen MR) is 94.8 cm³/mol. The van der Waals surface area contributed by atoms with Crippen LogP contribution in [0.1, 0.15) is 37.7 Å².